The number of carbonyl (C=O) groups is 1. The van der Waals surface area contributed by atoms with Crippen LogP contribution in [0, 0.1) is 5.82 Å². The fraction of sp³-hybridized carbons (Fsp3) is 0.353. The molecule has 0 saturated carbocycles. The molecular formula is C17H18BrFN2OS. The Morgan fingerprint density at radius 1 is 1.17 bits per heavy atom. The third-order valence-electron chi connectivity index (χ3n) is 3.98. The van der Waals surface area contributed by atoms with Gasteiger partial charge in [0.2, 0.25) is 5.91 Å². The molecule has 1 saturated heterocycles. The molecule has 3 nitrogen and oxygen atoms in total. The molecule has 0 atom stereocenters. The van der Waals surface area contributed by atoms with E-state index in [0.717, 1.165) is 42.1 Å². The summed E-state index contributed by atoms with van der Waals surface area (Å²) in [4.78, 5) is 17.9. The summed E-state index contributed by atoms with van der Waals surface area (Å²) in [5, 5.41) is 0. The molecule has 122 valence electrons. The smallest absolute Gasteiger partial charge is 0.227 e. The van der Waals surface area contributed by atoms with Crippen LogP contribution in [0.3, 0.4) is 0 Å². The molecule has 0 bridgehead atoms. The van der Waals surface area contributed by atoms with Crippen molar-refractivity contribution in [2.75, 3.05) is 26.2 Å². The first kappa shape index (κ1) is 16.6. The van der Waals surface area contributed by atoms with E-state index < -0.39 is 0 Å². The summed E-state index contributed by atoms with van der Waals surface area (Å²) in [7, 11) is 0. The van der Waals surface area contributed by atoms with Crippen LogP contribution in [0.15, 0.2) is 40.2 Å². The summed E-state index contributed by atoms with van der Waals surface area (Å²) in [5.41, 5.74) is 0.737. The molecule has 1 fully saturated rings. The molecule has 1 aliphatic heterocycles. The second-order valence-corrected chi connectivity index (χ2v) is 8.22. The first-order chi connectivity index (χ1) is 11.1. The van der Waals surface area contributed by atoms with E-state index >= 15 is 0 Å². The third-order valence-corrected chi connectivity index (χ3v) is 5.59. The largest absolute Gasteiger partial charge is 0.340 e. The van der Waals surface area contributed by atoms with Crippen molar-refractivity contribution >= 4 is 33.2 Å². The van der Waals surface area contributed by atoms with E-state index in [4.69, 9.17) is 0 Å². The fourth-order valence-corrected chi connectivity index (χ4v) is 4.27. The van der Waals surface area contributed by atoms with Gasteiger partial charge in [-0.2, -0.15) is 0 Å². The van der Waals surface area contributed by atoms with Gasteiger partial charge in [0.15, 0.2) is 0 Å². The molecule has 0 N–H and O–H groups in total. The van der Waals surface area contributed by atoms with E-state index in [1.165, 1.54) is 17.0 Å². The van der Waals surface area contributed by atoms with Gasteiger partial charge in [-0.25, -0.2) is 4.39 Å². The van der Waals surface area contributed by atoms with Crippen molar-refractivity contribution in [2.45, 2.75) is 13.0 Å². The number of piperazine rings is 1. The zero-order valence-corrected chi connectivity index (χ0v) is 15.1. The van der Waals surface area contributed by atoms with Crippen molar-refractivity contribution in [3.8, 4) is 0 Å². The first-order valence-electron chi connectivity index (χ1n) is 7.59. The fourth-order valence-electron chi connectivity index (χ4n) is 2.75. The zero-order valence-electron chi connectivity index (χ0n) is 12.7. The van der Waals surface area contributed by atoms with E-state index in [-0.39, 0.29) is 18.1 Å². The lowest BCUT2D eigenvalue weighted by Crippen LogP contribution is -2.48. The molecular weight excluding hydrogens is 379 g/mol. The zero-order chi connectivity index (χ0) is 16.2. The van der Waals surface area contributed by atoms with Gasteiger partial charge in [0.1, 0.15) is 5.82 Å². The normalized spacial score (nSPS) is 15.8. The van der Waals surface area contributed by atoms with Gasteiger partial charge in [0.25, 0.3) is 0 Å². The summed E-state index contributed by atoms with van der Waals surface area (Å²) < 4.78 is 14.3. The van der Waals surface area contributed by atoms with Gasteiger partial charge < -0.3 is 4.90 Å². The second-order valence-electron chi connectivity index (χ2n) is 5.67. The SMILES string of the molecule is O=C(Cc1cccc(F)c1)N1CCN(Cc2ccc(Br)s2)CC1. The maximum Gasteiger partial charge on any atom is 0.227 e. The number of hydrogen-bond donors (Lipinski definition) is 0. The van der Waals surface area contributed by atoms with Crippen LogP contribution in [0.2, 0.25) is 0 Å². The maximum absolute atomic E-state index is 13.2. The molecule has 2 heterocycles. The lowest BCUT2D eigenvalue weighted by Gasteiger charge is -2.34. The molecule has 1 aromatic carbocycles. The molecule has 0 radical (unpaired) electrons. The van der Waals surface area contributed by atoms with Crippen LogP contribution in [-0.4, -0.2) is 41.9 Å². The number of benzene rings is 1. The number of amides is 1. The predicted octanol–water partition coefficient (Wildman–Crippen LogP) is 3.54. The van der Waals surface area contributed by atoms with Gasteiger partial charge in [0, 0.05) is 37.6 Å². The van der Waals surface area contributed by atoms with Crippen molar-refractivity contribution in [1.29, 1.82) is 0 Å². The average Bonchev–Trinajstić information content (AvgIpc) is 2.93. The number of nitrogens with zero attached hydrogens (tertiary/aromatic N) is 2. The van der Waals surface area contributed by atoms with Crippen molar-refractivity contribution in [3.63, 3.8) is 0 Å². The summed E-state index contributed by atoms with van der Waals surface area (Å²) >= 11 is 5.23. The molecule has 3 rings (SSSR count). The third kappa shape index (κ3) is 4.62. The van der Waals surface area contributed by atoms with Crippen LogP contribution in [0.5, 0.6) is 0 Å². The number of carbonyl (C=O) groups excluding carboxylic acids is 1. The molecule has 6 heteroatoms. The number of rotatable bonds is 4. The van der Waals surface area contributed by atoms with E-state index in [0.29, 0.717) is 0 Å². The average molecular weight is 397 g/mol. The molecule has 1 aliphatic rings. The standard InChI is InChI=1S/C17H18BrFN2OS/c18-16-5-4-15(23-16)12-20-6-8-21(9-7-20)17(22)11-13-2-1-3-14(19)10-13/h1-5,10H,6-9,11-12H2. The molecule has 0 unspecified atom stereocenters. The van der Waals surface area contributed by atoms with E-state index in [9.17, 15) is 9.18 Å². The van der Waals surface area contributed by atoms with Gasteiger partial charge >= 0.3 is 0 Å². The van der Waals surface area contributed by atoms with Crippen LogP contribution >= 0.6 is 27.3 Å². The van der Waals surface area contributed by atoms with E-state index in [1.807, 2.05) is 4.90 Å². The highest BCUT2D eigenvalue weighted by molar-refractivity contribution is 9.11. The van der Waals surface area contributed by atoms with Gasteiger partial charge in [-0.3, -0.25) is 9.69 Å². The van der Waals surface area contributed by atoms with Crippen molar-refractivity contribution < 1.29 is 9.18 Å². The van der Waals surface area contributed by atoms with Crippen molar-refractivity contribution in [3.05, 3.63) is 56.4 Å². The highest BCUT2D eigenvalue weighted by Gasteiger charge is 2.21. The maximum atomic E-state index is 13.2. The monoisotopic (exact) mass is 396 g/mol. The Morgan fingerprint density at radius 2 is 1.96 bits per heavy atom. The second kappa shape index (κ2) is 7.55. The van der Waals surface area contributed by atoms with Gasteiger partial charge in [-0.05, 0) is 45.8 Å². The van der Waals surface area contributed by atoms with Crippen LogP contribution < -0.4 is 0 Å². The molecule has 1 aromatic heterocycles. The molecule has 1 amide bonds. The first-order valence-corrected chi connectivity index (χ1v) is 9.20. The van der Waals surface area contributed by atoms with Gasteiger partial charge in [-0.15, -0.1) is 11.3 Å². The molecule has 2 aromatic rings. The topological polar surface area (TPSA) is 23.6 Å². The lowest BCUT2D eigenvalue weighted by atomic mass is 10.1. The summed E-state index contributed by atoms with van der Waals surface area (Å²) in [6, 6.07) is 10.5. The Balaban J connectivity index is 1.49. The minimum atomic E-state index is -0.290. The van der Waals surface area contributed by atoms with Crippen LogP contribution in [-0.2, 0) is 17.8 Å². The van der Waals surface area contributed by atoms with E-state index in [2.05, 4.69) is 33.0 Å². The summed E-state index contributed by atoms with van der Waals surface area (Å²) in [5.74, 6) is -0.212. The van der Waals surface area contributed by atoms with E-state index in [1.54, 1.807) is 23.5 Å². The Labute approximate surface area is 147 Å². The minimum Gasteiger partial charge on any atom is -0.340 e. The Kier molecular flexibility index (Phi) is 5.46. The minimum absolute atomic E-state index is 0.0779. The molecule has 0 aliphatic carbocycles. The van der Waals surface area contributed by atoms with Gasteiger partial charge in [0.05, 0.1) is 10.2 Å². The van der Waals surface area contributed by atoms with Crippen LogP contribution in [0.1, 0.15) is 10.4 Å². The van der Waals surface area contributed by atoms with Gasteiger partial charge in [-0.1, -0.05) is 12.1 Å². The van der Waals surface area contributed by atoms with Crippen LogP contribution in [0.25, 0.3) is 0 Å². The van der Waals surface area contributed by atoms with Crippen molar-refractivity contribution in [2.24, 2.45) is 0 Å². The quantitative estimate of drug-likeness (QED) is 0.788. The predicted molar refractivity (Wildman–Crippen MR) is 94.0 cm³/mol. The molecule has 23 heavy (non-hydrogen) atoms. The Morgan fingerprint density at radius 3 is 2.61 bits per heavy atom. The number of hydrogen-bond acceptors (Lipinski definition) is 3. The van der Waals surface area contributed by atoms with Crippen molar-refractivity contribution in [1.82, 2.24) is 9.80 Å². The molecule has 0 spiro atoms. The van der Waals surface area contributed by atoms with Crippen LogP contribution in [0.4, 0.5) is 4.39 Å². The number of halogens is 2. The summed E-state index contributed by atoms with van der Waals surface area (Å²) in [6.45, 7) is 4.17. The summed E-state index contributed by atoms with van der Waals surface area (Å²) in [6.07, 6.45) is 0.273. The lowest BCUT2D eigenvalue weighted by molar-refractivity contribution is -0.132. The Hall–Kier alpha value is -1.24. The highest BCUT2D eigenvalue weighted by Crippen LogP contribution is 2.23. The Bertz CT molecular complexity index is 683. The number of thiophene rings is 1. The highest BCUT2D eigenvalue weighted by atomic mass is 79.9.